The summed E-state index contributed by atoms with van der Waals surface area (Å²) in [6.45, 7) is 3.77. The first kappa shape index (κ1) is 22.4. The van der Waals surface area contributed by atoms with Gasteiger partial charge in [-0.1, -0.05) is 31.2 Å². The minimum atomic E-state index is -3.80. The highest BCUT2D eigenvalue weighted by Gasteiger charge is 2.29. The lowest BCUT2D eigenvalue weighted by Gasteiger charge is -2.29. The van der Waals surface area contributed by atoms with Crippen molar-refractivity contribution in [2.24, 2.45) is 5.92 Å². The molecule has 168 valence electrons. The molecule has 2 aliphatic heterocycles. The van der Waals surface area contributed by atoms with E-state index in [0.717, 1.165) is 24.8 Å². The Morgan fingerprint density at radius 1 is 0.968 bits per heavy atom. The van der Waals surface area contributed by atoms with E-state index >= 15 is 0 Å². The number of hydrogen-bond acceptors (Lipinski definition) is 5. The molecule has 2 heterocycles. The maximum Gasteiger partial charge on any atom is 0.243 e. The molecular formula is C22H28N2O5S2. The lowest BCUT2D eigenvalue weighted by molar-refractivity contribution is 0.0460. The Balaban J connectivity index is 1.45. The first-order valence-corrected chi connectivity index (χ1v) is 13.5. The zero-order chi connectivity index (χ0) is 22.1. The summed E-state index contributed by atoms with van der Waals surface area (Å²) in [7, 11) is -7.41. The van der Waals surface area contributed by atoms with Crippen molar-refractivity contribution in [1.82, 2.24) is 9.03 Å². The van der Waals surface area contributed by atoms with Gasteiger partial charge in [-0.3, -0.25) is 0 Å². The van der Waals surface area contributed by atoms with E-state index in [-0.39, 0.29) is 22.4 Å². The third kappa shape index (κ3) is 4.85. The lowest BCUT2D eigenvalue weighted by atomic mass is 9.98. The summed E-state index contributed by atoms with van der Waals surface area (Å²) in [4.78, 5) is 0.147. The zero-order valence-electron chi connectivity index (χ0n) is 17.5. The minimum absolute atomic E-state index is 0.0304. The van der Waals surface area contributed by atoms with Crippen molar-refractivity contribution < 1.29 is 21.6 Å². The Kier molecular flexibility index (Phi) is 6.50. The van der Waals surface area contributed by atoms with Crippen LogP contribution in [-0.2, 0) is 31.2 Å². The first-order valence-electron chi connectivity index (χ1n) is 10.6. The second-order valence-corrected chi connectivity index (χ2v) is 11.9. The highest BCUT2D eigenvalue weighted by atomic mass is 32.2. The lowest BCUT2D eigenvalue weighted by Crippen LogP contribution is -2.37. The number of sulfonamides is 2. The fraction of sp³-hybridized carbons (Fsp3) is 0.455. The van der Waals surface area contributed by atoms with Gasteiger partial charge < -0.3 is 4.74 Å². The van der Waals surface area contributed by atoms with Crippen molar-refractivity contribution in [1.29, 1.82) is 0 Å². The zero-order valence-corrected chi connectivity index (χ0v) is 19.2. The van der Waals surface area contributed by atoms with Crippen LogP contribution in [0, 0.1) is 5.92 Å². The van der Waals surface area contributed by atoms with E-state index in [1.807, 2.05) is 24.3 Å². The third-order valence-electron chi connectivity index (χ3n) is 6.07. The van der Waals surface area contributed by atoms with Crippen LogP contribution in [-0.4, -0.2) is 47.4 Å². The van der Waals surface area contributed by atoms with Crippen LogP contribution in [0.25, 0.3) is 0 Å². The number of fused-ring (bicyclic) bond motifs is 1. The van der Waals surface area contributed by atoms with Gasteiger partial charge >= 0.3 is 0 Å². The fourth-order valence-corrected chi connectivity index (χ4v) is 6.58. The van der Waals surface area contributed by atoms with Crippen molar-refractivity contribution in [2.75, 3.05) is 26.2 Å². The second-order valence-electron chi connectivity index (χ2n) is 8.22. The molecule has 9 heteroatoms. The van der Waals surface area contributed by atoms with Crippen LogP contribution < -0.4 is 4.72 Å². The van der Waals surface area contributed by atoms with E-state index in [1.54, 1.807) is 0 Å². The number of nitrogens with zero attached hydrogens (tertiary/aromatic N) is 1. The highest BCUT2D eigenvalue weighted by Crippen LogP contribution is 2.27. The Morgan fingerprint density at radius 2 is 1.61 bits per heavy atom. The van der Waals surface area contributed by atoms with Gasteiger partial charge in [-0.05, 0) is 60.6 Å². The van der Waals surface area contributed by atoms with Gasteiger partial charge in [0.2, 0.25) is 20.0 Å². The number of ether oxygens (including phenoxy) is 1. The van der Waals surface area contributed by atoms with Gasteiger partial charge in [-0.15, -0.1) is 0 Å². The van der Waals surface area contributed by atoms with Crippen molar-refractivity contribution in [3.63, 3.8) is 0 Å². The van der Waals surface area contributed by atoms with Crippen LogP contribution in [0.5, 0.6) is 0 Å². The van der Waals surface area contributed by atoms with Crippen molar-refractivity contribution in [3.05, 3.63) is 59.7 Å². The predicted octanol–water partition coefficient (Wildman–Crippen LogP) is 2.70. The van der Waals surface area contributed by atoms with Gasteiger partial charge in [0.05, 0.1) is 22.5 Å². The van der Waals surface area contributed by atoms with Crippen LogP contribution >= 0.6 is 0 Å². The van der Waals surface area contributed by atoms with Gasteiger partial charge in [0.25, 0.3) is 0 Å². The van der Waals surface area contributed by atoms with Crippen LogP contribution in [0.15, 0.2) is 58.3 Å². The SMILES string of the molecule is CC1CCN(S(=O)(=O)c2ccc(S(=O)(=O)NC[C@@H]3OCCc4ccccc43)cc2)CC1. The van der Waals surface area contributed by atoms with E-state index in [2.05, 4.69) is 11.6 Å². The minimum Gasteiger partial charge on any atom is -0.372 e. The first-order chi connectivity index (χ1) is 14.8. The average molecular weight is 465 g/mol. The number of benzene rings is 2. The Labute approximate surface area is 184 Å². The van der Waals surface area contributed by atoms with E-state index in [9.17, 15) is 16.8 Å². The van der Waals surface area contributed by atoms with Gasteiger partial charge in [0.1, 0.15) is 0 Å². The van der Waals surface area contributed by atoms with E-state index in [4.69, 9.17) is 4.74 Å². The molecule has 1 saturated heterocycles. The monoisotopic (exact) mass is 464 g/mol. The molecule has 0 aliphatic carbocycles. The number of rotatable bonds is 6. The standard InChI is InChI=1S/C22H28N2O5S2/c1-17-10-13-24(14-11-17)31(27,28)20-8-6-19(7-9-20)30(25,26)23-16-22-21-5-3-2-4-18(21)12-15-29-22/h2-9,17,22-23H,10-16H2,1H3/t22-/m0/s1. The van der Waals surface area contributed by atoms with Crippen LogP contribution in [0.2, 0.25) is 0 Å². The molecule has 31 heavy (non-hydrogen) atoms. The van der Waals surface area contributed by atoms with Gasteiger partial charge in [-0.2, -0.15) is 4.31 Å². The van der Waals surface area contributed by atoms with E-state index in [1.165, 1.54) is 34.1 Å². The Hall–Kier alpha value is -1.78. The maximum absolute atomic E-state index is 12.8. The molecule has 0 saturated carbocycles. The molecule has 0 unspecified atom stereocenters. The van der Waals surface area contributed by atoms with Crippen LogP contribution in [0.3, 0.4) is 0 Å². The molecule has 2 aromatic rings. The molecule has 0 bridgehead atoms. The average Bonchev–Trinajstić information content (AvgIpc) is 2.78. The number of nitrogens with one attached hydrogen (secondary N) is 1. The largest absolute Gasteiger partial charge is 0.372 e. The molecule has 4 rings (SSSR count). The molecule has 1 fully saturated rings. The molecular weight excluding hydrogens is 436 g/mol. The number of hydrogen-bond donors (Lipinski definition) is 1. The molecule has 0 aromatic heterocycles. The molecule has 1 N–H and O–H groups in total. The van der Waals surface area contributed by atoms with E-state index < -0.39 is 20.0 Å². The quantitative estimate of drug-likeness (QED) is 0.710. The summed E-state index contributed by atoms with van der Waals surface area (Å²) in [5, 5.41) is 0. The molecule has 0 radical (unpaired) electrons. The van der Waals surface area contributed by atoms with Crippen molar-refractivity contribution in [2.45, 2.75) is 42.1 Å². The van der Waals surface area contributed by atoms with Gasteiger partial charge in [-0.25, -0.2) is 21.6 Å². The summed E-state index contributed by atoms with van der Waals surface area (Å²) in [5.41, 5.74) is 2.16. The fourth-order valence-electron chi connectivity index (χ4n) is 4.08. The molecule has 2 aliphatic rings. The van der Waals surface area contributed by atoms with Crippen molar-refractivity contribution >= 4 is 20.0 Å². The normalized spacial score (nSPS) is 21.0. The Morgan fingerprint density at radius 3 is 2.32 bits per heavy atom. The smallest absolute Gasteiger partial charge is 0.243 e. The molecule has 0 amide bonds. The third-order valence-corrected chi connectivity index (χ3v) is 9.42. The number of piperidine rings is 1. The van der Waals surface area contributed by atoms with E-state index in [0.29, 0.717) is 25.6 Å². The summed E-state index contributed by atoms with van der Waals surface area (Å²) in [6.07, 6.45) is 2.13. The maximum atomic E-state index is 12.8. The van der Waals surface area contributed by atoms with Gasteiger partial charge in [0, 0.05) is 19.6 Å². The molecule has 7 nitrogen and oxygen atoms in total. The summed E-state index contributed by atoms with van der Waals surface area (Å²) in [5.74, 6) is 0.519. The second kappa shape index (κ2) is 8.99. The van der Waals surface area contributed by atoms with Crippen LogP contribution in [0.4, 0.5) is 0 Å². The van der Waals surface area contributed by atoms with Crippen molar-refractivity contribution in [3.8, 4) is 0 Å². The molecule has 0 spiro atoms. The summed E-state index contributed by atoms with van der Waals surface area (Å²) in [6, 6.07) is 13.3. The molecule has 1 atom stereocenters. The topological polar surface area (TPSA) is 92.8 Å². The summed E-state index contributed by atoms with van der Waals surface area (Å²) < 4.78 is 61.1. The highest BCUT2D eigenvalue weighted by molar-refractivity contribution is 7.89. The Bertz CT molecular complexity index is 1120. The van der Waals surface area contributed by atoms with Crippen LogP contribution in [0.1, 0.15) is 37.0 Å². The molecule has 2 aromatic carbocycles. The summed E-state index contributed by atoms with van der Waals surface area (Å²) >= 11 is 0. The van der Waals surface area contributed by atoms with Gasteiger partial charge in [0.15, 0.2) is 0 Å². The predicted molar refractivity (Wildman–Crippen MR) is 118 cm³/mol.